The van der Waals surface area contributed by atoms with Gasteiger partial charge in [0.1, 0.15) is 17.7 Å². The van der Waals surface area contributed by atoms with Crippen molar-refractivity contribution in [2.75, 3.05) is 0 Å². The summed E-state index contributed by atoms with van der Waals surface area (Å²) in [7, 11) is 0. The predicted molar refractivity (Wildman–Crippen MR) is 122 cm³/mol. The van der Waals surface area contributed by atoms with Crippen LogP contribution in [0.25, 0.3) is 0 Å². The number of halogens is 1. The minimum absolute atomic E-state index is 0.0231. The maximum absolute atomic E-state index is 13.7. The van der Waals surface area contributed by atoms with E-state index in [1.165, 1.54) is 12.1 Å². The van der Waals surface area contributed by atoms with Gasteiger partial charge in [-0.3, -0.25) is 4.79 Å². The maximum Gasteiger partial charge on any atom is 0.336 e. The first-order valence-electron chi connectivity index (χ1n) is 11.2. The zero-order valence-electron chi connectivity index (χ0n) is 18.0. The molecule has 5 rings (SSSR count). The molecule has 2 aromatic rings. The summed E-state index contributed by atoms with van der Waals surface area (Å²) in [5.41, 5.74) is 2.76. The standard InChI is InChI=1S/C26H26FNO3S/c1-15-23(26(30)31-19-5-2-3-6-19)24(16-8-10-18(27)11-9-16)25-20(28-15)13-17(14-21(25)29)22-7-4-12-32-22/h4,7-13,17,19,24-25,28H,2-3,5-6,14H2,1H3. The van der Waals surface area contributed by atoms with Crippen molar-refractivity contribution in [1.82, 2.24) is 5.32 Å². The van der Waals surface area contributed by atoms with E-state index < -0.39 is 11.8 Å². The van der Waals surface area contributed by atoms with Crippen LogP contribution in [0.1, 0.15) is 61.3 Å². The van der Waals surface area contributed by atoms with E-state index in [9.17, 15) is 14.0 Å². The third-order valence-electron chi connectivity index (χ3n) is 6.80. The molecule has 0 saturated heterocycles. The molecule has 6 heteroatoms. The molecule has 3 unspecified atom stereocenters. The number of fused-ring (bicyclic) bond motifs is 1. The summed E-state index contributed by atoms with van der Waals surface area (Å²) >= 11 is 1.64. The van der Waals surface area contributed by atoms with Gasteiger partial charge >= 0.3 is 5.97 Å². The average Bonchev–Trinajstić information content (AvgIpc) is 3.47. The fraction of sp³-hybridized carbons (Fsp3) is 0.385. The van der Waals surface area contributed by atoms with Crippen LogP contribution in [-0.2, 0) is 14.3 Å². The lowest BCUT2D eigenvalue weighted by molar-refractivity contribution is -0.144. The van der Waals surface area contributed by atoms with Gasteiger partial charge in [0.05, 0.1) is 11.5 Å². The van der Waals surface area contributed by atoms with Gasteiger partial charge in [-0.05, 0) is 61.7 Å². The van der Waals surface area contributed by atoms with Crippen molar-refractivity contribution < 1.29 is 18.7 Å². The molecular formula is C26H26FNO3S. The molecule has 1 aromatic heterocycles. The largest absolute Gasteiger partial charge is 0.459 e. The highest BCUT2D eigenvalue weighted by Crippen LogP contribution is 2.46. The molecule has 1 aromatic carbocycles. The fourth-order valence-electron chi connectivity index (χ4n) is 5.28. The van der Waals surface area contributed by atoms with Gasteiger partial charge in [-0.25, -0.2) is 9.18 Å². The molecule has 1 saturated carbocycles. The Kier molecular flexibility index (Phi) is 5.72. The van der Waals surface area contributed by atoms with Gasteiger partial charge in [0.15, 0.2) is 0 Å². The topological polar surface area (TPSA) is 55.4 Å². The highest BCUT2D eigenvalue weighted by atomic mass is 32.1. The molecule has 166 valence electrons. The van der Waals surface area contributed by atoms with Crippen molar-refractivity contribution in [2.24, 2.45) is 5.92 Å². The predicted octanol–water partition coefficient (Wildman–Crippen LogP) is 5.59. The number of esters is 1. The Bertz CT molecular complexity index is 1080. The molecule has 0 amide bonds. The first-order valence-corrected chi connectivity index (χ1v) is 12.1. The zero-order chi connectivity index (χ0) is 22.2. The van der Waals surface area contributed by atoms with Gasteiger partial charge in [-0.1, -0.05) is 24.3 Å². The zero-order valence-corrected chi connectivity index (χ0v) is 18.8. The number of carbonyl (C=O) groups excluding carboxylic acids is 2. The molecule has 3 aliphatic rings. The Labute approximate surface area is 191 Å². The molecule has 3 atom stereocenters. The number of nitrogens with one attached hydrogen (secondary N) is 1. The number of ether oxygens (including phenoxy) is 1. The summed E-state index contributed by atoms with van der Waals surface area (Å²) in [5.74, 6) is -1.61. The number of rotatable bonds is 4. The van der Waals surface area contributed by atoms with E-state index in [1.807, 2.05) is 24.4 Å². The van der Waals surface area contributed by atoms with Crippen molar-refractivity contribution in [1.29, 1.82) is 0 Å². The van der Waals surface area contributed by atoms with Crippen LogP contribution in [0.4, 0.5) is 4.39 Å². The number of hydrogen-bond acceptors (Lipinski definition) is 5. The first-order chi connectivity index (χ1) is 15.5. The minimum Gasteiger partial charge on any atom is -0.459 e. The summed E-state index contributed by atoms with van der Waals surface area (Å²) in [5, 5.41) is 5.37. The normalized spacial score (nSPS) is 25.9. The molecule has 1 aliphatic heterocycles. The Morgan fingerprint density at radius 3 is 2.56 bits per heavy atom. The molecular weight excluding hydrogens is 425 g/mol. The number of hydrogen-bond donors (Lipinski definition) is 1. The molecule has 4 nitrogen and oxygen atoms in total. The van der Waals surface area contributed by atoms with E-state index >= 15 is 0 Å². The lowest BCUT2D eigenvalue weighted by atomic mass is 9.69. The third kappa shape index (κ3) is 3.92. The first kappa shape index (κ1) is 21.1. The molecule has 2 heterocycles. The summed E-state index contributed by atoms with van der Waals surface area (Å²) in [6.45, 7) is 1.86. The average molecular weight is 452 g/mol. The molecule has 32 heavy (non-hydrogen) atoms. The molecule has 0 spiro atoms. The van der Waals surface area contributed by atoms with Crippen LogP contribution in [0.15, 0.2) is 64.8 Å². The number of benzene rings is 1. The van der Waals surface area contributed by atoms with Crippen LogP contribution in [0.3, 0.4) is 0 Å². The van der Waals surface area contributed by atoms with Crippen molar-refractivity contribution in [3.63, 3.8) is 0 Å². The van der Waals surface area contributed by atoms with Gasteiger partial charge < -0.3 is 10.1 Å². The number of Topliss-reactive ketones (excluding diaryl/α,β-unsaturated/α-hetero) is 1. The van der Waals surface area contributed by atoms with E-state index in [4.69, 9.17) is 4.74 Å². The van der Waals surface area contributed by atoms with Gasteiger partial charge in [-0.2, -0.15) is 0 Å². The van der Waals surface area contributed by atoms with Crippen molar-refractivity contribution >= 4 is 23.1 Å². The van der Waals surface area contributed by atoms with Crippen molar-refractivity contribution in [3.05, 3.63) is 81.1 Å². The Balaban J connectivity index is 1.57. The van der Waals surface area contributed by atoms with E-state index in [1.54, 1.807) is 23.5 Å². The third-order valence-corrected chi connectivity index (χ3v) is 7.80. The van der Waals surface area contributed by atoms with Crippen LogP contribution in [0, 0.1) is 11.7 Å². The van der Waals surface area contributed by atoms with Crippen LogP contribution in [-0.4, -0.2) is 17.9 Å². The van der Waals surface area contributed by atoms with Crippen LogP contribution in [0.5, 0.6) is 0 Å². The molecule has 0 radical (unpaired) electrons. The Morgan fingerprint density at radius 2 is 1.88 bits per heavy atom. The fourth-order valence-corrected chi connectivity index (χ4v) is 6.08. The number of allylic oxidation sites excluding steroid dienone is 3. The van der Waals surface area contributed by atoms with Crippen molar-refractivity contribution in [2.45, 2.75) is 57.0 Å². The summed E-state index contributed by atoms with van der Waals surface area (Å²) < 4.78 is 19.5. The van der Waals surface area contributed by atoms with Crippen LogP contribution >= 0.6 is 11.3 Å². The quantitative estimate of drug-likeness (QED) is 0.616. The van der Waals surface area contributed by atoms with Gasteiger partial charge in [0.2, 0.25) is 0 Å². The molecule has 1 fully saturated rings. The van der Waals surface area contributed by atoms with Crippen molar-refractivity contribution in [3.8, 4) is 0 Å². The summed E-state index contributed by atoms with van der Waals surface area (Å²) in [6.07, 6.45) is 6.32. The summed E-state index contributed by atoms with van der Waals surface area (Å²) in [4.78, 5) is 28.0. The molecule has 1 N–H and O–H groups in total. The Hall–Kier alpha value is -2.73. The van der Waals surface area contributed by atoms with E-state index in [2.05, 4.69) is 11.4 Å². The van der Waals surface area contributed by atoms with E-state index in [0.717, 1.165) is 41.8 Å². The monoisotopic (exact) mass is 451 g/mol. The number of ketones is 1. The smallest absolute Gasteiger partial charge is 0.336 e. The van der Waals surface area contributed by atoms with E-state index in [-0.39, 0.29) is 29.6 Å². The molecule has 0 bridgehead atoms. The van der Waals surface area contributed by atoms with Gasteiger partial charge in [0, 0.05) is 34.5 Å². The second kappa shape index (κ2) is 8.66. The second-order valence-corrected chi connectivity index (χ2v) is 9.88. The highest BCUT2D eigenvalue weighted by molar-refractivity contribution is 7.10. The molecule has 2 aliphatic carbocycles. The van der Waals surface area contributed by atoms with Gasteiger partial charge in [-0.15, -0.1) is 11.3 Å². The van der Waals surface area contributed by atoms with E-state index in [0.29, 0.717) is 17.7 Å². The second-order valence-electron chi connectivity index (χ2n) is 8.90. The lowest BCUT2D eigenvalue weighted by Gasteiger charge is -2.39. The van der Waals surface area contributed by atoms with Gasteiger partial charge in [0.25, 0.3) is 0 Å². The number of thiophene rings is 1. The minimum atomic E-state index is -0.508. The van der Waals surface area contributed by atoms with Crippen LogP contribution < -0.4 is 5.32 Å². The number of carbonyl (C=O) groups is 2. The maximum atomic E-state index is 13.7. The highest BCUT2D eigenvalue weighted by Gasteiger charge is 2.45. The van der Waals surface area contributed by atoms with Crippen LogP contribution in [0.2, 0.25) is 0 Å². The summed E-state index contributed by atoms with van der Waals surface area (Å²) in [6, 6.07) is 10.2. The Morgan fingerprint density at radius 1 is 1.12 bits per heavy atom. The SMILES string of the molecule is CC1=C(C(=O)OC2CCCC2)C(c2ccc(F)cc2)C2C(=O)CC(c3cccs3)C=C2N1. The lowest BCUT2D eigenvalue weighted by Crippen LogP contribution is -2.42.